The van der Waals surface area contributed by atoms with Crippen molar-refractivity contribution in [1.82, 2.24) is 5.32 Å². The standard InChI is InChI=1S/C12H24N2O3/c1-12(2,3)9(13)8-10(15)14-7-5-6-11(16)17-4/h9H,5-8,13H2,1-4H3,(H,14,15). The Morgan fingerprint density at radius 2 is 1.94 bits per heavy atom. The van der Waals surface area contributed by atoms with Gasteiger partial charge in [-0.2, -0.15) is 0 Å². The number of amides is 1. The Bertz CT molecular complexity index is 259. The Morgan fingerprint density at radius 3 is 2.41 bits per heavy atom. The first-order valence-corrected chi connectivity index (χ1v) is 5.86. The second-order valence-corrected chi connectivity index (χ2v) is 5.21. The highest BCUT2D eigenvalue weighted by molar-refractivity contribution is 5.76. The molecule has 0 aromatic rings. The van der Waals surface area contributed by atoms with Crippen LogP contribution in [0.2, 0.25) is 0 Å². The van der Waals surface area contributed by atoms with E-state index in [0.717, 1.165) is 0 Å². The summed E-state index contributed by atoms with van der Waals surface area (Å²) in [5.74, 6) is -0.331. The summed E-state index contributed by atoms with van der Waals surface area (Å²) < 4.78 is 4.49. The van der Waals surface area contributed by atoms with E-state index in [-0.39, 0.29) is 23.3 Å². The van der Waals surface area contributed by atoms with E-state index < -0.39 is 0 Å². The molecule has 0 aliphatic carbocycles. The predicted octanol–water partition coefficient (Wildman–Crippen LogP) is 0.819. The van der Waals surface area contributed by atoms with Crippen LogP contribution in [0.1, 0.15) is 40.0 Å². The molecule has 5 nitrogen and oxygen atoms in total. The molecule has 1 amide bonds. The highest BCUT2D eigenvalue weighted by Gasteiger charge is 2.22. The fourth-order valence-electron chi connectivity index (χ4n) is 1.14. The molecule has 17 heavy (non-hydrogen) atoms. The Hall–Kier alpha value is -1.10. The third-order valence-electron chi connectivity index (χ3n) is 2.63. The number of hydrogen-bond acceptors (Lipinski definition) is 4. The molecule has 100 valence electrons. The molecule has 3 N–H and O–H groups in total. The minimum absolute atomic E-state index is 0.0720. The molecule has 0 heterocycles. The quantitative estimate of drug-likeness (QED) is 0.535. The van der Waals surface area contributed by atoms with Crippen molar-refractivity contribution < 1.29 is 14.3 Å². The molecule has 5 heteroatoms. The van der Waals surface area contributed by atoms with E-state index in [1.54, 1.807) is 0 Å². The van der Waals surface area contributed by atoms with Crippen LogP contribution in [-0.4, -0.2) is 31.6 Å². The summed E-state index contributed by atoms with van der Waals surface area (Å²) in [6.07, 6.45) is 1.22. The molecule has 0 spiro atoms. The molecule has 0 saturated heterocycles. The second kappa shape index (κ2) is 7.27. The van der Waals surface area contributed by atoms with Gasteiger partial charge >= 0.3 is 5.97 Å². The van der Waals surface area contributed by atoms with Crippen molar-refractivity contribution >= 4 is 11.9 Å². The van der Waals surface area contributed by atoms with Gasteiger partial charge in [0, 0.05) is 25.4 Å². The first-order chi connectivity index (χ1) is 7.77. The largest absolute Gasteiger partial charge is 0.469 e. The molecule has 1 atom stereocenters. The fourth-order valence-corrected chi connectivity index (χ4v) is 1.14. The van der Waals surface area contributed by atoms with Crippen LogP contribution in [0.25, 0.3) is 0 Å². The Balaban J connectivity index is 3.71. The monoisotopic (exact) mass is 244 g/mol. The van der Waals surface area contributed by atoms with E-state index >= 15 is 0 Å². The fraction of sp³-hybridized carbons (Fsp3) is 0.833. The van der Waals surface area contributed by atoms with Crippen LogP contribution >= 0.6 is 0 Å². The van der Waals surface area contributed by atoms with Crippen LogP contribution in [0.4, 0.5) is 0 Å². The Labute approximate surface area is 103 Å². The summed E-state index contributed by atoms with van der Waals surface area (Å²) >= 11 is 0. The number of rotatable bonds is 6. The summed E-state index contributed by atoms with van der Waals surface area (Å²) in [6, 6.07) is -0.164. The third-order valence-corrected chi connectivity index (χ3v) is 2.63. The average molecular weight is 244 g/mol. The van der Waals surface area contributed by atoms with Crippen LogP contribution in [0, 0.1) is 5.41 Å². The van der Waals surface area contributed by atoms with Gasteiger partial charge in [0.25, 0.3) is 0 Å². The summed E-state index contributed by atoms with van der Waals surface area (Å²) in [7, 11) is 1.35. The summed E-state index contributed by atoms with van der Waals surface area (Å²) in [6.45, 7) is 6.48. The maximum atomic E-state index is 11.5. The van der Waals surface area contributed by atoms with E-state index in [0.29, 0.717) is 25.8 Å². The van der Waals surface area contributed by atoms with Gasteiger partial charge < -0.3 is 15.8 Å². The zero-order chi connectivity index (χ0) is 13.5. The van der Waals surface area contributed by atoms with E-state index in [1.165, 1.54) is 7.11 Å². The molecule has 0 aliphatic rings. The maximum Gasteiger partial charge on any atom is 0.305 e. The lowest BCUT2D eigenvalue weighted by Crippen LogP contribution is -2.40. The van der Waals surface area contributed by atoms with E-state index in [2.05, 4.69) is 10.1 Å². The van der Waals surface area contributed by atoms with Gasteiger partial charge in [-0.05, 0) is 11.8 Å². The van der Waals surface area contributed by atoms with Crippen LogP contribution in [-0.2, 0) is 14.3 Å². The van der Waals surface area contributed by atoms with E-state index in [4.69, 9.17) is 5.73 Å². The Morgan fingerprint density at radius 1 is 1.35 bits per heavy atom. The Kier molecular flexibility index (Phi) is 6.80. The third kappa shape index (κ3) is 7.74. The van der Waals surface area contributed by atoms with Gasteiger partial charge in [0.2, 0.25) is 5.91 Å². The first-order valence-electron chi connectivity index (χ1n) is 5.86. The van der Waals surface area contributed by atoms with Crippen LogP contribution < -0.4 is 11.1 Å². The average Bonchev–Trinajstić information content (AvgIpc) is 2.22. The number of nitrogens with two attached hydrogens (primary N) is 1. The molecule has 0 bridgehead atoms. The topological polar surface area (TPSA) is 81.4 Å². The molecule has 0 aromatic carbocycles. The van der Waals surface area contributed by atoms with E-state index in [1.807, 2.05) is 20.8 Å². The van der Waals surface area contributed by atoms with Crippen molar-refractivity contribution in [2.75, 3.05) is 13.7 Å². The van der Waals surface area contributed by atoms with Crippen molar-refractivity contribution in [1.29, 1.82) is 0 Å². The summed E-state index contributed by atoms with van der Waals surface area (Å²) in [5, 5.41) is 2.74. The number of carbonyl (C=O) groups excluding carboxylic acids is 2. The minimum atomic E-state index is -0.259. The highest BCUT2D eigenvalue weighted by Crippen LogP contribution is 2.19. The number of esters is 1. The SMILES string of the molecule is COC(=O)CCCNC(=O)CC(N)C(C)(C)C. The zero-order valence-corrected chi connectivity index (χ0v) is 11.2. The van der Waals surface area contributed by atoms with Crippen molar-refractivity contribution in [3.63, 3.8) is 0 Å². The number of nitrogens with one attached hydrogen (secondary N) is 1. The van der Waals surface area contributed by atoms with Crippen molar-refractivity contribution in [2.45, 2.75) is 46.1 Å². The molecular formula is C12H24N2O3. The molecule has 0 saturated carbocycles. The van der Waals surface area contributed by atoms with Gasteiger partial charge in [-0.1, -0.05) is 20.8 Å². The van der Waals surface area contributed by atoms with Gasteiger partial charge in [0.05, 0.1) is 7.11 Å². The van der Waals surface area contributed by atoms with Gasteiger partial charge in [-0.25, -0.2) is 0 Å². The van der Waals surface area contributed by atoms with Gasteiger partial charge in [0.1, 0.15) is 0 Å². The summed E-state index contributed by atoms with van der Waals surface area (Å²) in [5.41, 5.74) is 5.81. The molecule has 1 unspecified atom stereocenters. The van der Waals surface area contributed by atoms with Crippen molar-refractivity contribution in [2.24, 2.45) is 11.1 Å². The highest BCUT2D eigenvalue weighted by atomic mass is 16.5. The van der Waals surface area contributed by atoms with Gasteiger partial charge in [-0.15, -0.1) is 0 Å². The molecular weight excluding hydrogens is 220 g/mol. The van der Waals surface area contributed by atoms with Crippen LogP contribution in [0.15, 0.2) is 0 Å². The van der Waals surface area contributed by atoms with E-state index in [9.17, 15) is 9.59 Å². The number of methoxy groups -OCH3 is 1. The molecule has 0 fully saturated rings. The molecule has 0 aromatic heterocycles. The lowest BCUT2D eigenvalue weighted by molar-refractivity contribution is -0.140. The minimum Gasteiger partial charge on any atom is -0.469 e. The lowest BCUT2D eigenvalue weighted by atomic mass is 9.85. The van der Waals surface area contributed by atoms with Crippen LogP contribution in [0.5, 0.6) is 0 Å². The van der Waals surface area contributed by atoms with Gasteiger partial charge in [0.15, 0.2) is 0 Å². The predicted molar refractivity (Wildman–Crippen MR) is 66.3 cm³/mol. The lowest BCUT2D eigenvalue weighted by Gasteiger charge is -2.26. The number of carbonyl (C=O) groups is 2. The number of ether oxygens (including phenoxy) is 1. The van der Waals surface area contributed by atoms with Crippen molar-refractivity contribution in [3.8, 4) is 0 Å². The maximum absolute atomic E-state index is 11.5. The summed E-state index contributed by atoms with van der Waals surface area (Å²) in [4.78, 5) is 22.3. The first kappa shape index (κ1) is 15.9. The molecule has 0 radical (unpaired) electrons. The smallest absolute Gasteiger partial charge is 0.305 e. The second-order valence-electron chi connectivity index (χ2n) is 5.21. The molecule has 0 aliphatic heterocycles. The van der Waals surface area contributed by atoms with Crippen molar-refractivity contribution in [3.05, 3.63) is 0 Å². The van der Waals surface area contributed by atoms with Gasteiger partial charge in [-0.3, -0.25) is 9.59 Å². The van der Waals surface area contributed by atoms with Crippen LogP contribution in [0.3, 0.4) is 0 Å². The normalized spacial score (nSPS) is 13.0. The number of hydrogen-bond donors (Lipinski definition) is 2. The molecule has 0 rings (SSSR count). The zero-order valence-electron chi connectivity index (χ0n) is 11.2.